The molecule has 0 saturated heterocycles. The van der Waals surface area contributed by atoms with E-state index in [4.69, 9.17) is 9.84 Å². The van der Waals surface area contributed by atoms with E-state index in [0.29, 0.717) is 11.1 Å². The second-order valence-corrected chi connectivity index (χ2v) is 7.53. The molecule has 0 radical (unpaired) electrons. The Bertz CT molecular complexity index is 853. The third-order valence-electron chi connectivity index (χ3n) is 4.24. The Morgan fingerprint density at radius 2 is 1.44 bits per heavy atom. The third-order valence-corrected chi connectivity index (χ3v) is 5.31. The largest absolute Gasteiger partial charge is 0.481 e. The number of rotatable bonds is 8. The number of benzene rings is 2. The van der Waals surface area contributed by atoms with E-state index < -0.39 is 39.3 Å². The number of hydrogen-bond donors (Lipinski definition) is 2. The molecule has 144 valence electrons. The van der Waals surface area contributed by atoms with Crippen LogP contribution in [0, 0.1) is 0 Å². The second-order valence-electron chi connectivity index (χ2n) is 5.94. The van der Waals surface area contributed by atoms with Gasteiger partial charge in [-0.25, -0.2) is 0 Å². The lowest BCUT2D eigenvalue weighted by Gasteiger charge is -2.34. The normalized spacial score (nSPS) is 13.0. The van der Waals surface area contributed by atoms with Gasteiger partial charge in [0.2, 0.25) is 0 Å². The van der Waals surface area contributed by atoms with E-state index in [2.05, 4.69) is 0 Å². The van der Waals surface area contributed by atoms with Crippen molar-refractivity contribution in [1.82, 2.24) is 0 Å². The van der Waals surface area contributed by atoms with E-state index in [-0.39, 0.29) is 6.42 Å². The van der Waals surface area contributed by atoms with Crippen LogP contribution in [0.3, 0.4) is 0 Å². The first-order chi connectivity index (χ1) is 12.7. The van der Waals surface area contributed by atoms with E-state index in [1.165, 1.54) is 0 Å². The van der Waals surface area contributed by atoms with Crippen LogP contribution >= 0.6 is 0 Å². The van der Waals surface area contributed by atoms with Gasteiger partial charge in [0.05, 0.1) is 6.42 Å². The van der Waals surface area contributed by atoms with Gasteiger partial charge in [-0.3, -0.25) is 14.1 Å². The molecule has 0 aromatic heterocycles. The monoisotopic (exact) mass is 392 g/mol. The summed E-state index contributed by atoms with van der Waals surface area (Å²) in [4.78, 5) is 23.6. The molecule has 0 aliphatic rings. The Morgan fingerprint density at radius 1 is 1.00 bits per heavy atom. The maximum atomic E-state index is 12.6. The summed E-state index contributed by atoms with van der Waals surface area (Å²) >= 11 is 0. The molecule has 2 N–H and O–H groups in total. The lowest BCUT2D eigenvalue weighted by Crippen LogP contribution is -2.41. The molecule has 2 aromatic rings. The van der Waals surface area contributed by atoms with E-state index in [1.807, 2.05) is 0 Å². The highest BCUT2D eigenvalue weighted by molar-refractivity contribution is 7.87. The molecule has 0 saturated carbocycles. The average Bonchev–Trinajstić information content (AvgIpc) is 2.64. The summed E-state index contributed by atoms with van der Waals surface area (Å²) < 4.78 is 38.0. The molecule has 27 heavy (non-hydrogen) atoms. The van der Waals surface area contributed by atoms with Gasteiger partial charge in [-0.1, -0.05) is 67.6 Å². The first-order valence-corrected chi connectivity index (χ1v) is 9.73. The topological polar surface area (TPSA) is 118 Å². The molecule has 2 aromatic carbocycles. The number of carboxylic acids is 1. The van der Waals surface area contributed by atoms with Gasteiger partial charge < -0.3 is 9.84 Å². The van der Waals surface area contributed by atoms with Crippen LogP contribution in [0.1, 0.15) is 30.9 Å². The van der Waals surface area contributed by atoms with E-state index in [1.54, 1.807) is 67.6 Å². The van der Waals surface area contributed by atoms with Gasteiger partial charge in [-0.15, -0.1) is 0 Å². The Kier molecular flexibility index (Phi) is 6.35. The number of aliphatic carboxylic acids is 1. The maximum Gasteiger partial charge on any atom is 0.328 e. The number of ether oxygens (including phenoxy) is 1. The Labute approximate surface area is 157 Å². The van der Waals surface area contributed by atoms with Crippen molar-refractivity contribution < 1.29 is 32.4 Å². The quantitative estimate of drug-likeness (QED) is 0.524. The van der Waals surface area contributed by atoms with Crippen molar-refractivity contribution in [2.45, 2.75) is 30.6 Å². The fraction of sp³-hybridized carbons (Fsp3) is 0.263. The first kappa shape index (κ1) is 20.6. The van der Waals surface area contributed by atoms with Crippen molar-refractivity contribution in [2.24, 2.45) is 0 Å². The van der Waals surface area contributed by atoms with Crippen molar-refractivity contribution in [3.8, 4) is 0 Å². The summed E-state index contributed by atoms with van der Waals surface area (Å²) in [7, 11) is -4.96. The molecule has 2 rings (SSSR count). The van der Waals surface area contributed by atoms with Gasteiger partial charge in [0, 0.05) is 11.1 Å². The fourth-order valence-electron chi connectivity index (χ4n) is 2.89. The summed E-state index contributed by atoms with van der Waals surface area (Å²) in [5.41, 5.74) is -0.144. The predicted octanol–water partition coefficient (Wildman–Crippen LogP) is 2.61. The van der Waals surface area contributed by atoms with Crippen molar-refractivity contribution in [1.29, 1.82) is 0 Å². The smallest absolute Gasteiger partial charge is 0.328 e. The Balaban J connectivity index is 2.55. The van der Waals surface area contributed by atoms with Crippen molar-refractivity contribution >= 4 is 22.1 Å². The van der Waals surface area contributed by atoms with Crippen LogP contribution in [0.25, 0.3) is 0 Å². The highest BCUT2D eigenvalue weighted by Gasteiger charge is 2.42. The zero-order valence-corrected chi connectivity index (χ0v) is 15.4. The fourth-order valence-corrected chi connectivity index (χ4v) is 3.53. The van der Waals surface area contributed by atoms with Gasteiger partial charge >= 0.3 is 11.9 Å². The van der Waals surface area contributed by atoms with Gasteiger partial charge in [0.15, 0.2) is 10.9 Å². The summed E-state index contributed by atoms with van der Waals surface area (Å²) in [5, 5.41) is 6.69. The highest BCUT2D eigenvalue weighted by atomic mass is 32.2. The maximum absolute atomic E-state index is 12.6. The Hall–Kier alpha value is -2.71. The molecule has 0 heterocycles. The molecule has 0 spiro atoms. The molecule has 0 fully saturated rings. The lowest BCUT2D eigenvalue weighted by atomic mass is 9.84. The standard InChI is InChI=1S/C19H20O7S/c1-2-19(14-9-5-3-6-10-14,15-11-7-4-8-12-15)26-18(22)16(13-17(20)21)27(23,24)25/h3-12,16H,2,13H2,1H3,(H,20,21)(H,23,24,25). The van der Waals surface area contributed by atoms with Gasteiger partial charge in [0.1, 0.15) is 0 Å². The van der Waals surface area contributed by atoms with Crippen molar-refractivity contribution in [3.05, 3.63) is 71.8 Å². The lowest BCUT2D eigenvalue weighted by molar-refractivity contribution is -0.158. The minimum absolute atomic E-state index is 0.262. The summed E-state index contributed by atoms with van der Waals surface area (Å²) in [6.07, 6.45) is -0.834. The highest BCUT2D eigenvalue weighted by Crippen LogP contribution is 2.37. The van der Waals surface area contributed by atoms with Crippen molar-refractivity contribution in [2.75, 3.05) is 0 Å². The number of carbonyl (C=O) groups excluding carboxylic acids is 1. The van der Waals surface area contributed by atoms with Crippen LogP contribution in [0.5, 0.6) is 0 Å². The summed E-state index contributed by atoms with van der Waals surface area (Å²) in [5.74, 6) is -2.87. The first-order valence-electron chi connectivity index (χ1n) is 8.22. The number of carboxylic acid groups (broad SMARTS) is 1. The minimum Gasteiger partial charge on any atom is -0.481 e. The zero-order valence-electron chi connectivity index (χ0n) is 14.6. The molecular weight excluding hydrogens is 372 g/mol. The zero-order chi connectivity index (χ0) is 20.1. The molecule has 7 nitrogen and oxygen atoms in total. The second kappa shape index (κ2) is 8.32. The Morgan fingerprint density at radius 3 is 1.78 bits per heavy atom. The molecule has 0 aliphatic heterocycles. The molecule has 1 atom stereocenters. The molecular formula is C19H20O7S. The van der Waals surface area contributed by atoms with Gasteiger partial charge in [-0.2, -0.15) is 8.42 Å². The molecule has 0 bridgehead atoms. The molecule has 0 aliphatic carbocycles. The summed E-state index contributed by atoms with van der Waals surface area (Å²) in [6.45, 7) is 1.76. The third kappa shape index (κ3) is 4.72. The van der Waals surface area contributed by atoms with E-state index >= 15 is 0 Å². The molecule has 1 unspecified atom stereocenters. The predicted molar refractivity (Wildman–Crippen MR) is 97.6 cm³/mol. The molecule has 8 heteroatoms. The minimum atomic E-state index is -4.96. The number of hydrogen-bond acceptors (Lipinski definition) is 5. The average molecular weight is 392 g/mol. The van der Waals surface area contributed by atoms with Crippen LogP contribution < -0.4 is 0 Å². The number of esters is 1. The van der Waals surface area contributed by atoms with E-state index in [9.17, 15) is 22.6 Å². The van der Waals surface area contributed by atoms with Crippen LogP contribution in [0.15, 0.2) is 60.7 Å². The SMILES string of the molecule is CCC(OC(=O)C(CC(=O)O)S(=O)(=O)O)(c1ccccc1)c1ccccc1. The van der Waals surface area contributed by atoms with Crippen molar-refractivity contribution in [3.63, 3.8) is 0 Å². The summed E-state index contributed by atoms with van der Waals surface area (Å²) in [6, 6.07) is 17.4. The van der Waals surface area contributed by atoms with Crippen LogP contribution in [-0.4, -0.2) is 35.3 Å². The molecule has 0 amide bonds. The van der Waals surface area contributed by atoms with Gasteiger partial charge in [-0.05, 0) is 6.42 Å². The number of carbonyl (C=O) groups is 2. The van der Waals surface area contributed by atoms with Crippen LogP contribution in [-0.2, 0) is 30.0 Å². The van der Waals surface area contributed by atoms with Crippen LogP contribution in [0.2, 0.25) is 0 Å². The van der Waals surface area contributed by atoms with E-state index in [0.717, 1.165) is 0 Å². The van der Waals surface area contributed by atoms with Gasteiger partial charge in [0.25, 0.3) is 10.1 Å². The van der Waals surface area contributed by atoms with Crippen LogP contribution in [0.4, 0.5) is 0 Å².